The number of carbonyl (C=O) groups is 1. The molecule has 0 atom stereocenters. The quantitative estimate of drug-likeness (QED) is 0.291. The van der Waals surface area contributed by atoms with Crippen LogP contribution in [0.2, 0.25) is 0 Å². The summed E-state index contributed by atoms with van der Waals surface area (Å²) in [5.41, 5.74) is 2.44. The van der Waals surface area contributed by atoms with Gasteiger partial charge in [0, 0.05) is 5.56 Å². The molecule has 1 aromatic carbocycles. The monoisotopic (exact) mass is 199 g/mol. The van der Waals surface area contributed by atoms with E-state index in [1.54, 1.807) is 12.1 Å². The number of fused-ring (bicyclic) bond motifs is 1. The Morgan fingerprint density at radius 3 is 2.87 bits per heavy atom. The third-order valence-corrected chi connectivity index (χ3v) is 2.62. The van der Waals surface area contributed by atoms with Crippen LogP contribution in [0.15, 0.2) is 23.4 Å². The van der Waals surface area contributed by atoms with E-state index in [2.05, 4.69) is 5.16 Å². The number of oxime groups is 1. The van der Waals surface area contributed by atoms with Gasteiger partial charge in [-0.25, -0.2) is 0 Å². The summed E-state index contributed by atoms with van der Waals surface area (Å²) in [6.45, 7) is 0. The maximum absolute atomic E-state index is 11.8. The van der Waals surface area contributed by atoms with E-state index in [0.29, 0.717) is 17.4 Å². The fraction of sp³-hybridized carbons (Fsp3) is 0.273. The minimum atomic E-state index is -0.190. The van der Waals surface area contributed by atoms with Crippen molar-refractivity contribution in [2.75, 3.05) is 0 Å². The van der Waals surface area contributed by atoms with Crippen LogP contribution in [0.1, 0.15) is 28.8 Å². The van der Waals surface area contributed by atoms with E-state index in [1.807, 2.05) is 6.07 Å². The van der Waals surface area contributed by atoms with Gasteiger partial charge >= 0.3 is 0 Å². The lowest BCUT2D eigenvalue weighted by atomic mass is 9.90. The van der Waals surface area contributed by atoms with Crippen molar-refractivity contribution < 1.29 is 10.0 Å². The average Bonchev–Trinajstić information content (AvgIpc) is 2.37. The summed E-state index contributed by atoms with van der Waals surface area (Å²) in [4.78, 5) is 11.8. The normalized spacial score (nSPS) is 18.7. The molecule has 1 aliphatic rings. The van der Waals surface area contributed by atoms with E-state index in [-0.39, 0.29) is 11.5 Å². The molecule has 0 spiro atoms. The first-order chi connectivity index (χ1) is 7.22. The number of rotatable bonds is 0. The van der Waals surface area contributed by atoms with Crippen LogP contribution >= 0.6 is 0 Å². The van der Waals surface area contributed by atoms with Crippen LogP contribution < -0.4 is 5.46 Å². The summed E-state index contributed by atoms with van der Waals surface area (Å²) in [5, 5.41) is 11.8. The lowest BCUT2D eigenvalue weighted by Gasteiger charge is -2.04. The highest BCUT2D eigenvalue weighted by molar-refractivity contribution is 6.46. The SMILES string of the molecule is [B]c1ccc2c(c1)CCC/C(=N\O)C2=O. The minimum Gasteiger partial charge on any atom is -0.411 e. The largest absolute Gasteiger partial charge is 0.411 e. The molecule has 2 radical (unpaired) electrons. The van der Waals surface area contributed by atoms with Crippen molar-refractivity contribution >= 4 is 24.8 Å². The fourth-order valence-corrected chi connectivity index (χ4v) is 1.85. The summed E-state index contributed by atoms with van der Waals surface area (Å²) in [6.07, 6.45) is 2.12. The molecule has 0 heterocycles. The van der Waals surface area contributed by atoms with Crippen molar-refractivity contribution in [3.05, 3.63) is 29.3 Å². The second-order valence-corrected chi connectivity index (χ2v) is 3.65. The maximum Gasteiger partial charge on any atom is 0.210 e. The van der Waals surface area contributed by atoms with Crippen LogP contribution in [-0.4, -0.2) is 24.5 Å². The highest BCUT2D eigenvalue weighted by Crippen LogP contribution is 2.18. The van der Waals surface area contributed by atoms with E-state index in [0.717, 1.165) is 18.4 Å². The lowest BCUT2D eigenvalue weighted by Crippen LogP contribution is -2.15. The summed E-state index contributed by atoms with van der Waals surface area (Å²) >= 11 is 0. The van der Waals surface area contributed by atoms with Crippen molar-refractivity contribution in [1.29, 1.82) is 0 Å². The molecule has 0 bridgehead atoms. The molecule has 0 amide bonds. The summed E-state index contributed by atoms with van der Waals surface area (Å²) in [7, 11) is 5.65. The van der Waals surface area contributed by atoms with Gasteiger partial charge in [-0.1, -0.05) is 28.8 Å². The predicted molar refractivity (Wildman–Crippen MR) is 58.3 cm³/mol. The van der Waals surface area contributed by atoms with Crippen molar-refractivity contribution in [2.24, 2.45) is 5.16 Å². The average molecular weight is 199 g/mol. The Hall–Kier alpha value is -1.58. The van der Waals surface area contributed by atoms with Crippen molar-refractivity contribution in [3.8, 4) is 0 Å². The van der Waals surface area contributed by atoms with Gasteiger partial charge in [0.15, 0.2) is 0 Å². The van der Waals surface area contributed by atoms with Crippen LogP contribution in [0.5, 0.6) is 0 Å². The summed E-state index contributed by atoms with van der Waals surface area (Å²) in [6, 6.07) is 5.20. The number of aryl methyl sites for hydroxylation is 1. The molecule has 3 nitrogen and oxygen atoms in total. The zero-order valence-corrected chi connectivity index (χ0v) is 8.23. The van der Waals surface area contributed by atoms with Gasteiger partial charge < -0.3 is 5.21 Å². The molecule has 0 saturated carbocycles. The molecule has 1 aromatic rings. The Labute approximate surface area is 89.2 Å². The Kier molecular flexibility index (Phi) is 2.58. The van der Waals surface area contributed by atoms with E-state index in [9.17, 15) is 4.79 Å². The van der Waals surface area contributed by atoms with Crippen LogP contribution in [0, 0.1) is 0 Å². The second-order valence-electron chi connectivity index (χ2n) is 3.65. The number of Topliss-reactive ketones (excluding diaryl/α,β-unsaturated/α-hetero) is 1. The van der Waals surface area contributed by atoms with Crippen LogP contribution in [0.25, 0.3) is 0 Å². The Morgan fingerprint density at radius 1 is 1.33 bits per heavy atom. The van der Waals surface area contributed by atoms with Crippen LogP contribution in [0.3, 0.4) is 0 Å². The number of benzene rings is 1. The smallest absolute Gasteiger partial charge is 0.210 e. The maximum atomic E-state index is 11.8. The van der Waals surface area contributed by atoms with E-state index in [1.165, 1.54) is 0 Å². The molecular weight excluding hydrogens is 189 g/mol. The van der Waals surface area contributed by atoms with E-state index < -0.39 is 0 Å². The van der Waals surface area contributed by atoms with Gasteiger partial charge in [0.25, 0.3) is 0 Å². The van der Waals surface area contributed by atoms with Gasteiger partial charge in [-0.2, -0.15) is 0 Å². The molecule has 2 rings (SSSR count). The van der Waals surface area contributed by atoms with Gasteiger partial charge in [-0.15, -0.1) is 0 Å². The summed E-state index contributed by atoms with van der Waals surface area (Å²) < 4.78 is 0. The summed E-state index contributed by atoms with van der Waals surface area (Å²) in [5.74, 6) is -0.190. The highest BCUT2D eigenvalue weighted by Gasteiger charge is 2.21. The van der Waals surface area contributed by atoms with Crippen molar-refractivity contribution in [3.63, 3.8) is 0 Å². The second kappa shape index (κ2) is 3.89. The minimum absolute atomic E-state index is 0.190. The van der Waals surface area contributed by atoms with Gasteiger partial charge in [-0.05, 0) is 24.8 Å². The van der Waals surface area contributed by atoms with Crippen molar-refractivity contribution in [1.82, 2.24) is 0 Å². The fourth-order valence-electron chi connectivity index (χ4n) is 1.85. The molecule has 0 fully saturated rings. The standard InChI is InChI=1S/C11H10BNO2/c12-8-4-5-9-7(6-8)2-1-3-10(13-15)11(9)14/h4-6,15H,1-3H2/b13-10+. The first-order valence-electron chi connectivity index (χ1n) is 4.86. The lowest BCUT2D eigenvalue weighted by molar-refractivity contribution is 0.106. The molecule has 1 aliphatic carbocycles. The number of nitrogens with zero attached hydrogens (tertiary/aromatic N) is 1. The topological polar surface area (TPSA) is 49.7 Å². The van der Waals surface area contributed by atoms with Gasteiger partial charge in [0.05, 0.1) is 0 Å². The van der Waals surface area contributed by atoms with Gasteiger partial charge in [0.2, 0.25) is 5.78 Å². The molecule has 4 heteroatoms. The zero-order chi connectivity index (χ0) is 10.8. The number of hydrogen-bond donors (Lipinski definition) is 1. The van der Waals surface area contributed by atoms with Crippen molar-refractivity contribution in [2.45, 2.75) is 19.3 Å². The third-order valence-electron chi connectivity index (χ3n) is 2.62. The molecule has 0 aromatic heterocycles. The molecule has 1 N–H and O–H groups in total. The molecule has 0 saturated heterocycles. The van der Waals surface area contributed by atoms with Gasteiger partial charge in [-0.3, -0.25) is 4.79 Å². The molecule has 0 unspecified atom stereocenters. The predicted octanol–water partition coefficient (Wildman–Crippen LogP) is 0.830. The van der Waals surface area contributed by atoms with Crippen LogP contribution in [-0.2, 0) is 6.42 Å². The zero-order valence-electron chi connectivity index (χ0n) is 8.23. The highest BCUT2D eigenvalue weighted by atomic mass is 16.4. The first-order valence-corrected chi connectivity index (χ1v) is 4.86. The Morgan fingerprint density at radius 2 is 2.13 bits per heavy atom. The Balaban J connectivity index is 2.52. The van der Waals surface area contributed by atoms with Crippen LogP contribution in [0.4, 0.5) is 0 Å². The van der Waals surface area contributed by atoms with E-state index in [4.69, 9.17) is 13.1 Å². The first kappa shape index (κ1) is 9.96. The Bertz CT molecular complexity index is 440. The van der Waals surface area contributed by atoms with E-state index >= 15 is 0 Å². The molecule has 74 valence electrons. The molecule has 0 aliphatic heterocycles. The van der Waals surface area contributed by atoms with Gasteiger partial charge in [0.1, 0.15) is 13.6 Å². The number of ketones is 1. The number of carbonyl (C=O) groups excluding carboxylic acids is 1. The third kappa shape index (κ3) is 1.80. The molecular formula is C11H10BNO2. The molecule has 15 heavy (non-hydrogen) atoms. The number of hydrogen-bond acceptors (Lipinski definition) is 3.